The summed E-state index contributed by atoms with van der Waals surface area (Å²) in [4.78, 5) is 27.6. The molecule has 1 unspecified atom stereocenters. The number of primary amides is 1. The number of hydrogen-bond donors (Lipinski definition) is 4. The van der Waals surface area contributed by atoms with E-state index in [4.69, 9.17) is 16.2 Å². The molecule has 1 rings (SSSR count). The van der Waals surface area contributed by atoms with Crippen LogP contribution in [-0.2, 0) is 9.59 Å². The SMILES string of the molecule is CN=C(C(=O)NC(C)(CO)C(N)=O)c1cc(OC)ccc1N. The van der Waals surface area contributed by atoms with E-state index in [1.165, 1.54) is 21.1 Å². The summed E-state index contributed by atoms with van der Waals surface area (Å²) in [5.41, 5.74) is 10.1. The molecular formula is C14H20N4O4. The van der Waals surface area contributed by atoms with Crippen LogP contribution in [0.15, 0.2) is 23.2 Å². The van der Waals surface area contributed by atoms with Crippen molar-refractivity contribution in [1.29, 1.82) is 0 Å². The number of benzene rings is 1. The molecule has 6 N–H and O–H groups in total. The van der Waals surface area contributed by atoms with Crippen LogP contribution in [0.5, 0.6) is 5.75 Å². The molecule has 0 saturated carbocycles. The van der Waals surface area contributed by atoms with Crippen LogP contribution >= 0.6 is 0 Å². The molecule has 0 aliphatic heterocycles. The number of methoxy groups -OCH3 is 1. The molecule has 0 radical (unpaired) electrons. The first-order chi connectivity index (χ1) is 10.3. The third-order valence-corrected chi connectivity index (χ3v) is 3.20. The first kappa shape index (κ1) is 17.4. The third kappa shape index (κ3) is 3.53. The minimum atomic E-state index is -1.60. The predicted octanol–water partition coefficient (Wildman–Crippen LogP) is -0.951. The van der Waals surface area contributed by atoms with Crippen LogP contribution in [0.25, 0.3) is 0 Å². The minimum Gasteiger partial charge on any atom is -0.497 e. The number of ether oxygens (including phenoxy) is 1. The lowest BCUT2D eigenvalue weighted by atomic mass is 10.0. The molecule has 8 nitrogen and oxygen atoms in total. The van der Waals surface area contributed by atoms with Crippen LogP contribution in [0, 0.1) is 0 Å². The second-order valence-electron chi connectivity index (χ2n) is 4.83. The summed E-state index contributed by atoms with van der Waals surface area (Å²) in [5.74, 6) is -1.05. The zero-order chi connectivity index (χ0) is 16.9. The molecule has 0 aromatic heterocycles. The predicted molar refractivity (Wildman–Crippen MR) is 82.7 cm³/mol. The van der Waals surface area contributed by atoms with Gasteiger partial charge in [-0.3, -0.25) is 14.6 Å². The van der Waals surface area contributed by atoms with Crippen molar-refractivity contribution in [2.24, 2.45) is 10.7 Å². The number of hydrogen-bond acceptors (Lipinski definition) is 6. The maximum absolute atomic E-state index is 12.3. The maximum atomic E-state index is 12.3. The number of amides is 2. The lowest BCUT2D eigenvalue weighted by Gasteiger charge is -2.25. The number of nitrogens with two attached hydrogens (primary N) is 2. The maximum Gasteiger partial charge on any atom is 0.271 e. The number of anilines is 1. The van der Waals surface area contributed by atoms with Crippen molar-refractivity contribution in [3.05, 3.63) is 23.8 Å². The van der Waals surface area contributed by atoms with Crippen molar-refractivity contribution in [3.8, 4) is 5.75 Å². The number of rotatable bonds is 6. The van der Waals surface area contributed by atoms with E-state index in [1.54, 1.807) is 18.2 Å². The van der Waals surface area contributed by atoms with Crippen molar-refractivity contribution in [3.63, 3.8) is 0 Å². The van der Waals surface area contributed by atoms with Gasteiger partial charge in [-0.1, -0.05) is 0 Å². The van der Waals surface area contributed by atoms with Gasteiger partial charge in [0.1, 0.15) is 17.0 Å². The highest BCUT2D eigenvalue weighted by Crippen LogP contribution is 2.20. The molecule has 8 heteroatoms. The van der Waals surface area contributed by atoms with Gasteiger partial charge in [0.2, 0.25) is 5.91 Å². The Balaban J connectivity index is 3.17. The standard InChI is InChI=1S/C14H20N4O4/c1-14(7-19,13(16)21)18-12(20)11(17-2)9-6-8(22-3)4-5-10(9)15/h4-6,19H,7,15H2,1-3H3,(H2,16,21)(H,18,20). The fraction of sp³-hybridized carbons (Fsp3) is 0.357. The second-order valence-corrected chi connectivity index (χ2v) is 4.83. The first-order valence-electron chi connectivity index (χ1n) is 6.43. The van der Waals surface area contributed by atoms with Gasteiger partial charge < -0.3 is 26.6 Å². The number of aliphatic hydroxyl groups excluding tert-OH is 1. The molecule has 0 aliphatic carbocycles. The molecule has 1 atom stereocenters. The van der Waals surface area contributed by atoms with E-state index in [0.717, 1.165) is 0 Å². The summed E-state index contributed by atoms with van der Waals surface area (Å²) in [6.45, 7) is 0.675. The molecule has 0 bridgehead atoms. The Morgan fingerprint density at radius 2 is 2.09 bits per heavy atom. The van der Waals surface area contributed by atoms with Crippen molar-refractivity contribution >= 4 is 23.2 Å². The average Bonchev–Trinajstić information content (AvgIpc) is 2.49. The van der Waals surface area contributed by atoms with Gasteiger partial charge in [-0.2, -0.15) is 0 Å². The molecular weight excluding hydrogens is 288 g/mol. The molecule has 1 aromatic rings. The van der Waals surface area contributed by atoms with Gasteiger partial charge in [-0.05, 0) is 25.1 Å². The monoisotopic (exact) mass is 308 g/mol. The third-order valence-electron chi connectivity index (χ3n) is 3.20. The van der Waals surface area contributed by atoms with Gasteiger partial charge in [-0.15, -0.1) is 0 Å². The highest BCUT2D eigenvalue weighted by atomic mass is 16.5. The van der Waals surface area contributed by atoms with E-state index < -0.39 is 24.0 Å². The van der Waals surface area contributed by atoms with E-state index >= 15 is 0 Å². The Labute approximate surface area is 128 Å². The number of carbonyl (C=O) groups is 2. The van der Waals surface area contributed by atoms with Crippen molar-refractivity contribution in [1.82, 2.24) is 5.32 Å². The molecule has 0 aliphatic rings. The van der Waals surface area contributed by atoms with Crippen LogP contribution in [-0.4, -0.2) is 48.9 Å². The fourth-order valence-corrected chi connectivity index (χ4v) is 1.70. The zero-order valence-electron chi connectivity index (χ0n) is 12.7. The van der Waals surface area contributed by atoms with Crippen LogP contribution in [0.4, 0.5) is 5.69 Å². The van der Waals surface area contributed by atoms with Crippen molar-refractivity contribution in [2.45, 2.75) is 12.5 Å². The minimum absolute atomic E-state index is 0.00248. The highest BCUT2D eigenvalue weighted by Gasteiger charge is 2.34. The first-order valence-corrected chi connectivity index (χ1v) is 6.43. The molecule has 0 spiro atoms. The number of aliphatic imine (C=N–C) groups is 1. The Morgan fingerprint density at radius 3 is 2.55 bits per heavy atom. The lowest BCUT2D eigenvalue weighted by Crippen LogP contribution is -2.59. The van der Waals surface area contributed by atoms with Gasteiger partial charge in [0.15, 0.2) is 0 Å². The fourth-order valence-electron chi connectivity index (χ4n) is 1.70. The van der Waals surface area contributed by atoms with Crippen LogP contribution < -0.4 is 21.5 Å². The summed E-state index contributed by atoms with van der Waals surface area (Å²) in [7, 11) is 2.89. The quantitative estimate of drug-likeness (QED) is 0.396. The van der Waals surface area contributed by atoms with Gasteiger partial charge in [0.25, 0.3) is 5.91 Å². The zero-order valence-corrected chi connectivity index (χ0v) is 12.7. The summed E-state index contributed by atoms with van der Waals surface area (Å²) in [6.07, 6.45) is 0. The molecule has 0 heterocycles. The van der Waals surface area contributed by atoms with E-state index in [9.17, 15) is 14.7 Å². The Bertz CT molecular complexity index is 615. The molecule has 1 aromatic carbocycles. The molecule has 2 amide bonds. The lowest BCUT2D eigenvalue weighted by molar-refractivity contribution is -0.129. The Morgan fingerprint density at radius 1 is 1.45 bits per heavy atom. The number of nitrogens with one attached hydrogen (secondary N) is 1. The summed E-state index contributed by atoms with van der Waals surface area (Å²) in [5, 5.41) is 11.6. The molecule has 0 fully saturated rings. The number of carbonyl (C=O) groups excluding carboxylic acids is 2. The Kier molecular flexibility index (Phi) is 5.47. The number of nitrogen functional groups attached to an aromatic ring is 1. The molecule has 0 saturated heterocycles. The van der Waals surface area contributed by atoms with Crippen LogP contribution in [0.1, 0.15) is 12.5 Å². The van der Waals surface area contributed by atoms with Crippen LogP contribution in [0.3, 0.4) is 0 Å². The number of aliphatic hydroxyl groups is 1. The summed E-state index contributed by atoms with van der Waals surface area (Å²) >= 11 is 0. The van der Waals surface area contributed by atoms with E-state index in [-0.39, 0.29) is 5.71 Å². The van der Waals surface area contributed by atoms with Crippen molar-refractivity contribution in [2.75, 3.05) is 26.5 Å². The van der Waals surface area contributed by atoms with Gasteiger partial charge in [-0.25, -0.2) is 0 Å². The van der Waals surface area contributed by atoms with E-state index in [2.05, 4.69) is 10.3 Å². The average molecular weight is 308 g/mol. The topological polar surface area (TPSA) is 140 Å². The second kappa shape index (κ2) is 6.90. The van der Waals surface area contributed by atoms with E-state index in [0.29, 0.717) is 17.0 Å². The van der Waals surface area contributed by atoms with Crippen molar-refractivity contribution < 1.29 is 19.4 Å². The summed E-state index contributed by atoms with van der Waals surface area (Å²) < 4.78 is 5.09. The van der Waals surface area contributed by atoms with Gasteiger partial charge in [0.05, 0.1) is 13.7 Å². The van der Waals surface area contributed by atoms with Crippen LogP contribution in [0.2, 0.25) is 0 Å². The molecule has 22 heavy (non-hydrogen) atoms. The molecule has 120 valence electrons. The largest absolute Gasteiger partial charge is 0.497 e. The number of nitrogens with zero attached hydrogens (tertiary/aromatic N) is 1. The van der Waals surface area contributed by atoms with Gasteiger partial charge >= 0.3 is 0 Å². The summed E-state index contributed by atoms with van der Waals surface area (Å²) in [6, 6.07) is 4.77. The smallest absolute Gasteiger partial charge is 0.271 e. The van der Waals surface area contributed by atoms with Gasteiger partial charge in [0, 0.05) is 18.3 Å². The van der Waals surface area contributed by atoms with E-state index in [1.807, 2.05) is 0 Å². The normalized spacial score (nSPS) is 14.1. The Hall–Kier alpha value is -2.61. The highest BCUT2D eigenvalue weighted by molar-refractivity contribution is 6.46.